The van der Waals surface area contributed by atoms with Gasteiger partial charge in [0.1, 0.15) is 0 Å². The maximum atomic E-state index is 12.4. The first kappa shape index (κ1) is 25.2. The summed E-state index contributed by atoms with van der Waals surface area (Å²) in [6.45, 7) is 4.76. The number of ether oxygens (including phenoxy) is 2. The van der Waals surface area contributed by atoms with Gasteiger partial charge in [-0.05, 0) is 82.0 Å². The zero-order valence-corrected chi connectivity index (χ0v) is 19.7. The molecule has 174 valence electrons. The van der Waals surface area contributed by atoms with Gasteiger partial charge in [0.25, 0.3) is 0 Å². The molecule has 4 nitrogen and oxygen atoms in total. The fourth-order valence-corrected chi connectivity index (χ4v) is 5.52. The lowest BCUT2D eigenvalue weighted by molar-refractivity contribution is -0.150. The maximum Gasteiger partial charge on any atom is 0.308 e. The van der Waals surface area contributed by atoms with Crippen molar-refractivity contribution in [1.82, 2.24) is 0 Å². The summed E-state index contributed by atoms with van der Waals surface area (Å²) < 4.78 is 10.5. The summed E-state index contributed by atoms with van der Waals surface area (Å²) in [5.41, 5.74) is 0. The molecule has 0 unspecified atom stereocenters. The Morgan fingerprint density at radius 2 is 1.27 bits per heavy atom. The highest BCUT2D eigenvalue weighted by molar-refractivity contribution is 5.72. The van der Waals surface area contributed by atoms with Gasteiger partial charge >= 0.3 is 11.9 Å². The van der Waals surface area contributed by atoms with Crippen molar-refractivity contribution in [1.29, 1.82) is 0 Å². The molecule has 0 N–H and O–H groups in total. The van der Waals surface area contributed by atoms with Gasteiger partial charge in [-0.3, -0.25) is 9.59 Å². The summed E-state index contributed by atoms with van der Waals surface area (Å²) in [6, 6.07) is 0. The van der Waals surface area contributed by atoms with Crippen LogP contribution in [-0.4, -0.2) is 25.2 Å². The zero-order valence-electron chi connectivity index (χ0n) is 19.7. The third kappa shape index (κ3) is 9.83. The van der Waals surface area contributed by atoms with Gasteiger partial charge in [-0.15, -0.1) is 0 Å². The molecule has 2 aliphatic carbocycles. The fraction of sp³-hybridized carbons (Fsp3) is 0.923. The maximum absolute atomic E-state index is 12.4. The Morgan fingerprint density at radius 3 is 1.83 bits per heavy atom. The highest BCUT2D eigenvalue weighted by atomic mass is 16.5. The van der Waals surface area contributed by atoms with Gasteiger partial charge in [0.2, 0.25) is 0 Å². The van der Waals surface area contributed by atoms with E-state index < -0.39 is 0 Å². The Kier molecular flexibility index (Phi) is 12.5. The first-order valence-corrected chi connectivity index (χ1v) is 12.9. The van der Waals surface area contributed by atoms with Crippen LogP contribution in [0.2, 0.25) is 0 Å². The Morgan fingerprint density at radius 1 is 0.700 bits per heavy atom. The van der Waals surface area contributed by atoms with Crippen LogP contribution in [-0.2, 0) is 19.1 Å². The van der Waals surface area contributed by atoms with Crippen molar-refractivity contribution >= 4 is 11.9 Å². The Bertz CT molecular complexity index is 473. The molecule has 2 aliphatic rings. The standard InChI is InChI=1S/C26H46O4/c1-3-4-7-10-22-11-13-23(14-12-22)24-15-17-25(18-16-24)26(28)30-20-9-6-5-8-19-29-21(2)27/h22-25H,3-20H2,1-2H3. The van der Waals surface area contributed by atoms with Crippen LogP contribution >= 0.6 is 0 Å². The predicted octanol–water partition coefficient (Wildman–Crippen LogP) is 6.85. The molecule has 2 fully saturated rings. The van der Waals surface area contributed by atoms with E-state index in [9.17, 15) is 9.59 Å². The second-order valence-electron chi connectivity index (χ2n) is 9.81. The number of rotatable bonds is 13. The van der Waals surface area contributed by atoms with E-state index >= 15 is 0 Å². The molecule has 0 atom stereocenters. The van der Waals surface area contributed by atoms with Crippen LogP contribution in [0.5, 0.6) is 0 Å². The summed E-state index contributed by atoms with van der Waals surface area (Å²) in [6.07, 6.45) is 19.7. The number of hydrogen-bond acceptors (Lipinski definition) is 4. The zero-order chi connectivity index (χ0) is 21.6. The van der Waals surface area contributed by atoms with Crippen LogP contribution < -0.4 is 0 Å². The third-order valence-electron chi connectivity index (χ3n) is 7.47. The molecule has 0 amide bonds. The first-order valence-electron chi connectivity index (χ1n) is 12.9. The molecule has 0 aromatic heterocycles. The van der Waals surface area contributed by atoms with Gasteiger partial charge in [0.15, 0.2) is 0 Å². The Balaban J connectivity index is 1.50. The van der Waals surface area contributed by atoms with E-state index in [4.69, 9.17) is 9.47 Å². The number of carbonyl (C=O) groups excluding carboxylic acids is 2. The molecule has 0 bridgehead atoms. The first-order chi connectivity index (χ1) is 14.6. The quantitative estimate of drug-likeness (QED) is 0.241. The van der Waals surface area contributed by atoms with E-state index in [-0.39, 0.29) is 17.9 Å². The summed E-state index contributed by atoms with van der Waals surface area (Å²) in [5, 5.41) is 0. The molecule has 0 heterocycles. The molecule has 2 saturated carbocycles. The average molecular weight is 423 g/mol. The third-order valence-corrected chi connectivity index (χ3v) is 7.47. The Hall–Kier alpha value is -1.06. The minimum absolute atomic E-state index is 0.0352. The van der Waals surface area contributed by atoms with E-state index in [1.54, 1.807) is 0 Å². The lowest BCUT2D eigenvalue weighted by atomic mass is 9.68. The average Bonchev–Trinajstić information content (AvgIpc) is 2.76. The normalized spacial score (nSPS) is 26.9. The lowest BCUT2D eigenvalue weighted by Crippen LogP contribution is -2.29. The summed E-state index contributed by atoms with van der Waals surface area (Å²) in [5.74, 6) is 2.71. The highest BCUT2D eigenvalue weighted by Gasteiger charge is 2.33. The van der Waals surface area contributed by atoms with Crippen LogP contribution in [0.4, 0.5) is 0 Å². The van der Waals surface area contributed by atoms with Crippen LogP contribution in [0.1, 0.15) is 117 Å². The van der Waals surface area contributed by atoms with Crippen LogP contribution in [0.25, 0.3) is 0 Å². The molecule has 0 radical (unpaired) electrons. The second kappa shape index (κ2) is 14.9. The topological polar surface area (TPSA) is 52.6 Å². The van der Waals surface area contributed by atoms with Gasteiger partial charge in [-0.25, -0.2) is 0 Å². The van der Waals surface area contributed by atoms with Crippen LogP contribution in [0.15, 0.2) is 0 Å². The smallest absolute Gasteiger partial charge is 0.308 e. The van der Waals surface area contributed by atoms with E-state index in [1.807, 2.05) is 0 Å². The molecule has 30 heavy (non-hydrogen) atoms. The molecule has 0 aromatic carbocycles. The minimum atomic E-state index is -0.214. The molecule has 0 saturated heterocycles. The molecule has 2 rings (SSSR count). The van der Waals surface area contributed by atoms with Crippen molar-refractivity contribution in [3.63, 3.8) is 0 Å². The van der Waals surface area contributed by atoms with Gasteiger partial charge in [-0.1, -0.05) is 45.4 Å². The van der Waals surface area contributed by atoms with E-state index in [1.165, 1.54) is 71.1 Å². The van der Waals surface area contributed by atoms with E-state index in [0.717, 1.165) is 56.3 Å². The Labute approximate surface area is 184 Å². The summed E-state index contributed by atoms with van der Waals surface area (Å²) >= 11 is 0. The van der Waals surface area contributed by atoms with Crippen molar-refractivity contribution in [2.45, 2.75) is 117 Å². The van der Waals surface area contributed by atoms with Gasteiger partial charge in [0.05, 0.1) is 19.1 Å². The summed E-state index contributed by atoms with van der Waals surface area (Å²) in [4.78, 5) is 23.1. The van der Waals surface area contributed by atoms with Crippen molar-refractivity contribution < 1.29 is 19.1 Å². The SMILES string of the molecule is CCCCCC1CCC(C2CCC(C(=O)OCCCCCCOC(C)=O)CC2)CC1. The highest BCUT2D eigenvalue weighted by Crippen LogP contribution is 2.42. The second-order valence-corrected chi connectivity index (χ2v) is 9.81. The molecule has 0 aromatic rings. The largest absolute Gasteiger partial charge is 0.466 e. The van der Waals surface area contributed by atoms with Crippen LogP contribution in [0.3, 0.4) is 0 Å². The number of unbranched alkanes of at least 4 members (excludes halogenated alkanes) is 5. The van der Waals surface area contributed by atoms with Gasteiger partial charge < -0.3 is 9.47 Å². The van der Waals surface area contributed by atoms with E-state index in [2.05, 4.69) is 6.92 Å². The molecule has 0 aliphatic heterocycles. The number of hydrogen-bond donors (Lipinski definition) is 0. The van der Waals surface area contributed by atoms with Gasteiger partial charge in [-0.2, -0.15) is 0 Å². The van der Waals surface area contributed by atoms with E-state index in [0.29, 0.717) is 13.2 Å². The fourth-order valence-electron chi connectivity index (χ4n) is 5.52. The van der Waals surface area contributed by atoms with Crippen molar-refractivity contribution in [3.05, 3.63) is 0 Å². The minimum Gasteiger partial charge on any atom is -0.466 e. The monoisotopic (exact) mass is 422 g/mol. The van der Waals surface area contributed by atoms with Gasteiger partial charge in [0, 0.05) is 6.92 Å². The van der Waals surface area contributed by atoms with Crippen LogP contribution in [0, 0.1) is 23.7 Å². The summed E-state index contributed by atoms with van der Waals surface area (Å²) in [7, 11) is 0. The van der Waals surface area contributed by atoms with Crippen molar-refractivity contribution in [2.24, 2.45) is 23.7 Å². The lowest BCUT2D eigenvalue weighted by Gasteiger charge is -2.37. The molecular weight excluding hydrogens is 376 g/mol. The number of esters is 2. The molecule has 4 heteroatoms. The predicted molar refractivity (Wildman–Crippen MR) is 121 cm³/mol. The molecule has 0 spiro atoms. The van der Waals surface area contributed by atoms with Crippen molar-refractivity contribution in [2.75, 3.05) is 13.2 Å². The molecular formula is C26H46O4. The number of carbonyl (C=O) groups is 2. The van der Waals surface area contributed by atoms with Crippen molar-refractivity contribution in [3.8, 4) is 0 Å².